The van der Waals surface area contributed by atoms with Gasteiger partial charge in [-0.1, -0.05) is 6.07 Å². The van der Waals surface area contributed by atoms with Crippen LogP contribution in [0.2, 0.25) is 0 Å². The second-order valence-corrected chi connectivity index (χ2v) is 6.74. The van der Waals surface area contributed by atoms with E-state index in [1.165, 1.54) is 11.2 Å². The van der Waals surface area contributed by atoms with E-state index in [2.05, 4.69) is 30.7 Å². The lowest BCUT2D eigenvalue weighted by Gasteiger charge is -2.13. The molecule has 1 unspecified atom stereocenters. The van der Waals surface area contributed by atoms with Gasteiger partial charge in [0.25, 0.3) is 11.3 Å². The Labute approximate surface area is 133 Å². The van der Waals surface area contributed by atoms with Crippen molar-refractivity contribution in [3.05, 3.63) is 34.0 Å². The number of aryl methyl sites for hydroxylation is 2. The lowest BCUT2D eigenvalue weighted by molar-refractivity contribution is 0.434. The molecule has 0 saturated heterocycles. The summed E-state index contributed by atoms with van der Waals surface area (Å²) in [5.74, 6) is 0. The van der Waals surface area contributed by atoms with Crippen LogP contribution in [0.25, 0.3) is 11.3 Å². The molecule has 2 aromatic rings. The van der Waals surface area contributed by atoms with Crippen molar-refractivity contribution < 1.29 is 8.39 Å². The Balaban J connectivity index is 2.75. The summed E-state index contributed by atoms with van der Waals surface area (Å²) in [5, 5.41) is 4.50. The smallest absolute Gasteiger partial charge is 0.276 e. The predicted molar refractivity (Wildman–Crippen MR) is 89.1 cm³/mol. The fraction of sp³-hybridized carbons (Fsp3) is 0.400. The van der Waals surface area contributed by atoms with E-state index in [1.54, 1.807) is 0 Å². The van der Waals surface area contributed by atoms with Crippen molar-refractivity contribution in [3.8, 4) is 11.3 Å². The van der Waals surface area contributed by atoms with Gasteiger partial charge >= 0.3 is 0 Å². The SMILES string of the molecule is COS(=O)n1nc(-c2c(C)cc(C)c(S)c2C)c(C)c1C. The Bertz CT molecular complexity index is 736. The van der Waals surface area contributed by atoms with Crippen LogP contribution >= 0.6 is 12.6 Å². The summed E-state index contributed by atoms with van der Waals surface area (Å²) < 4.78 is 18.2. The number of aromatic nitrogens is 2. The molecule has 1 atom stereocenters. The van der Waals surface area contributed by atoms with Crippen LogP contribution in [0.1, 0.15) is 27.9 Å². The van der Waals surface area contributed by atoms with Gasteiger partial charge in [-0.2, -0.15) is 9.19 Å². The Morgan fingerprint density at radius 2 is 1.76 bits per heavy atom. The first-order valence-corrected chi connectivity index (χ1v) is 8.10. The molecule has 0 radical (unpaired) electrons. The lowest BCUT2D eigenvalue weighted by atomic mass is 9.95. The van der Waals surface area contributed by atoms with E-state index in [4.69, 9.17) is 4.18 Å². The minimum Gasteiger partial charge on any atom is -0.276 e. The number of hydrogen-bond acceptors (Lipinski definition) is 4. The third kappa shape index (κ3) is 2.67. The molecule has 0 aliphatic carbocycles. The molecule has 6 heteroatoms. The van der Waals surface area contributed by atoms with Crippen molar-refractivity contribution in [2.24, 2.45) is 0 Å². The first kappa shape index (κ1) is 16.3. The number of hydrogen-bond donors (Lipinski definition) is 1. The zero-order valence-electron chi connectivity index (χ0n) is 13.1. The molecule has 2 rings (SSSR count). The molecule has 21 heavy (non-hydrogen) atoms. The van der Waals surface area contributed by atoms with Crippen LogP contribution in [0.3, 0.4) is 0 Å². The van der Waals surface area contributed by atoms with Gasteiger partial charge in [0.05, 0.1) is 18.5 Å². The van der Waals surface area contributed by atoms with E-state index in [-0.39, 0.29) is 0 Å². The van der Waals surface area contributed by atoms with E-state index >= 15 is 0 Å². The van der Waals surface area contributed by atoms with Crippen LogP contribution in [0.15, 0.2) is 11.0 Å². The van der Waals surface area contributed by atoms with Crippen molar-refractivity contribution in [2.45, 2.75) is 39.5 Å². The standard InChI is InChI=1S/C15H20N2O2S2/c1-8-7-9(2)15(20)11(4)13(8)14-10(3)12(5)17(16-14)21(18)19-6/h7,20H,1-6H3. The highest BCUT2D eigenvalue weighted by molar-refractivity contribution is 7.80. The zero-order chi connectivity index (χ0) is 15.9. The van der Waals surface area contributed by atoms with Crippen LogP contribution in [-0.4, -0.2) is 20.5 Å². The molecule has 0 fully saturated rings. The summed E-state index contributed by atoms with van der Waals surface area (Å²) in [6.45, 7) is 10.0. The van der Waals surface area contributed by atoms with Crippen molar-refractivity contribution >= 4 is 23.9 Å². The molecule has 0 aliphatic heterocycles. The molecule has 0 amide bonds. The molecule has 1 heterocycles. The molecule has 0 aliphatic rings. The molecule has 0 saturated carbocycles. The number of thiol groups is 1. The predicted octanol–water partition coefficient (Wildman–Crippen LogP) is 3.45. The van der Waals surface area contributed by atoms with Crippen LogP contribution in [0.5, 0.6) is 0 Å². The number of nitrogens with zero attached hydrogens (tertiary/aromatic N) is 2. The van der Waals surface area contributed by atoms with E-state index in [0.717, 1.165) is 44.1 Å². The normalized spacial score (nSPS) is 12.7. The molecule has 1 aromatic carbocycles. The Morgan fingerprint density at radius 3 is 2.33 bits per heavy atom. The maximum atomic E-state index is 11.9. The van der Waals surface area contributed by atoms with Crippen LogP contribution in [0, 0.1) is 34.6 Å². The monoisotopic (exact) mass is 324 g/mol. The average Bonchev–Trinajstić information content (AvgIpc) is 2.73. The van der Waals surface area contributed by atoms with Gasteiger partial charge < -0.3 is 0 Å². The van der Waals surface area contributed by atoms with E-state index < -0.39 is 11.3 Å². The van der Waals surface area contributed by atoms with Crippen LogP contribution < -0.4 is 0 Å². The average molecular weight is 324 g/mol. The minimum absolute atomic E-state index is 0.836. The summed E-state index contributed by atoms with van der Waals surface area (Å²) in [6, 6.07) is 2.10. The summed E-state index contributed by atoms with van der Waals surface area (Å²) in [4.78, 5) is 0.968. The molecular weight excluding hydrogens is 304 g/mol. The summed E-state index contributed by atoms with van der Waals surface area (Å²) >= 11 is 2.98. The topological polar surface area (TPSA) is 44.1 Å². The van der Waals surface area contributed by atoms with Gasteiger partial charge in [-0.3, -0.25) is 4.18 Å². The molecule has 4 nitrogen and oxygen atoms in total. The van der Waals surface area contributed by atoms with Crippen molar-refractivity contribution in [1.82, 2.24) is 9.19 Å². The Kier molecular flexibility index (Phi) is 4.60. The van der Waals surface area contributed by atoms with Crippen molar-refractivity contribution in [1.29, 1.82) is 0 Å². The molecule has 1 aromatic heterocycles. The van der Waals surface area contributed by atoms with Crippen LogP contribution in [0.4, 0.5) is 0 Å². The quantitative estimate of drug-likeness (QED) is 0.880. The van der Waals surface area contributed by atoms with E-state index in [9.17, 15) is 4.21 Å². The van der Waals surface area contributed by atoms with Crippen molar-refractivity contribution in [2.75, 3.05) is 7.11 Å². The third-order valence-electron chi connectivity index (χ3n) is 3.83. The van der Waals surface area contributed by atoms with E-state index in [1.807, 2.05) is 27.7 Å². The second-order valence-electron chi connectivity index (χ2n) is 5.17. The molecule has 0 N–H and O–H groups in total. The van der Waals surface area contributed by atoms with Crippen LogP contribution in [-0.2, 0) is 15.4 Å². The van der Waals surface area contributed by atoms with Crippen molar-refractivity contribution in [3.63, 3.8) is 0 Å². The van der Waals surface area contributed by atoms with Gasteiger partial charge in [0, 0.05) is 10.5 Å². The first-order chi connectivity index (χ1) is 9.79. The first-order valence-electron chi connectivity index (χ1n) is 6.62. The number of benzene rings is 1. The van der Waals surface area contributed by atoms with Gasteiger partial charge in [0.2, 0.25) is 0 Å². The fourth-order valence-corrected chi connectivity index (χ4v) is 3.37. The summed E-state index contributed by atoms with van der Waals surface area (Å²) in [5.41, 5.74) is 7.10. The van der Waals surface area contributed by atoms with Gasteiger partial charge in [-0.15, -0.1) is 12.6 Å². The highest BCUT2D eigenvalue weighted by atomic mass is 32.2. The fourth-order valence-electron chi connectivity index (χ4n) is 2.55. The van der Waals surface area contributed by atoms with Gasteiger partial charge in [0.15, 0.2) is 0 Å². The molecular formula is C15H20N2O2S2. The maximum Gasteiger partial charge on any atom is 0.285 e. The zero-order valence-corrected chi connectivity index (χ0v) is 14.9. The van der Waals surface area contributed by atoms with Gasteiger partial charge in [-0.25, -0.2) is 4.21 Å². The Morgan fingerprint density at radius 1 is 1.14 bits per heavy atom. The molecule has 0 spiro atoms. The molecule has 114 valence electrons. The largest absolute Gasteiger partial charge is 0.285 e. The lowest BCUT2D eigenvalue weighted by Crippen LogP contribution is -2.09. The Hall–Kier alpha value is -1.11. The highest BCUT2D eigenvalue weighted by Crippen LogP contribution is 2.35. The molecule has 0 bridgehead atoms. The van der Waals surface area contributed by atoms with E-state index in [0.29, 0.717) is 0 Å². The minimum atomic E-state index is -1.60. The second kappa shape index (κ2) is 5.94. The van der Waals surface area contributed by atoms with Gasteiger partial charge in [0.1, 0.15) is 0 Å². The summed E-state index contributed by atoms with van der Waals surface area (Å²) in [7, 11) is 1.40. The highest BCUT2D eigenvalue weighted by Gasteiger charge is 2.20. The summed E-state index contributed by atoms with van der Waals surface area (Å²) in [6.07, 6.45) is 0. The third-order valence-corrected chi connectivity index (χ3v) is 5.44. The van der Waals surface area contributed by atoms with Gasteiger partial charge in [-0.05, 0) is 56.9 Å². The number of rotatable bonds is 3. The maximum absolute atomic E-state index is 11.9.